The summed E-state index contributed by atoms with van der Waals surface area (Å²) in [6, 6.07) is 4.47. The third-order valence-electron chi connectivity index (χ3n) is 2.49. The first-order chi connectivity index (χ1) is 8.97. The molecule has 2 amide bonds. The molecule has 2 N–H and O–H groups in total. The summed E-state index contributed by atoms with van der Waals surface area (Å²) in [5, 5.41) is 5.67. The van der Waals surface area contributed by atoms with Gasteiger partial charge in [-0.1, -0.05) is 24.6 Å². The first kappa shape index (κ1) is 16.0. The number of hydrogen-bond acceptors (Lipinski definition) is 2. The van der Waals surface area contributed by atoms with E-state index in [9.17, 15) is 9.59 Å². The van der Waals surface area contributed by atoms with Gasteiger partial charge in [0.15, 0.2) is 0 Å². The lowest BCUT2D eigenvalue weighted by atomic mass is 10.2. The molecule has 0 saturated heterocycles. The molecule has 1 aromatic rings. The minimum atomic E-state index is -0.603. The van der Waals surface area contributed by atoms with Crippen molar-refractivity contribution in [2.75, 3.05) is 6.54 Å². The van der Waals surface area contributed by atoms with Crippen molar-refractivity contribution in [3.05, 3.63) is 33.3 Å². The van der Waals surface area contributed by atoms with E-state index in [-0.39, 0.29) is 11.8 Å². The van der Waals surface area contributed by atoms with E-state index in [2.05, 4.69) is 26.6 Å². The number of carbonyl (C=O) groups excluding carboxylic acids is 2. The number of hydrogen-bond donors (Lipinski definition) is 2. The van der Waals surface area contributed by atoms with E-state index in [4.69, 9.17) is 11.6 Å². The monoisotopic (exact) mass is 346 g/mol. The molecule has 1 aromatic carbocycles. The van der Waals surface area contributed by atoms with Gasteiger partial charge in [-0.2, -0.15) is 0 Å². The average molecular weight is 348 g/mol. The molecule has 19 heavy (non-hydrogen) atoms. The van der Waals surface area contributed by atoms with Crippen molar-refractivity contribution in [3.63, 3.8) is 0 Å². The summed E-state index contributed by atoms with van der Waals surface area (Å²) < 4.78 is 0.643. The van der Waals surface area contributed by atoms with Crippen LogP contribution in [0.15, 0.2) is 22.7 Å². The molecular weight excluding hydrogens is 332 g/mol. The number of carbonyl (C=O) groups is 2. The largest absolute Gasteiger partial charge is 0.354 e. The maximum Gasteiger partial charge on any atom is 0.253 e. The zero-order chi connectivity index (χ0) is 14.4. The number of nitrogens with one attached hydrogen (secondary N) is 2. The summed E-state index contributed by atoms with van der Waals surface area (Å²) in [5.41, 5.74) is 0.339. The normalized spacial score (nSPS) is 11.8. The van der Waals surface area contributed by atoms with Crippen molar-refractivity contribution in [2.45, 2.75) is 26.3 Å². The van der Waals surface area contributed by atoms with Crippen molar-refractivity contribution in [3.8, 4) is 0 Å². The summed E-state index contributed by atoms with van der Waals surface area (Å²) >= 11 is 9.28. The van der Waals surface area contributed by atoms with Crippen molar-refractivity contribution in [1.82, 2.24) is 10.6 Å². The molecule has 0 spiro atoms. The third-order valence-corrected chi connectivity index (χ3v) is 3.78. The summed E-state index contributed by atoms with van der Waals surface area (Å²) in [5.74, 6) is -0.577. The Balaban J connectivity index is 2.69. The molecule has 1 atom stereocenters. The van der Waals surface area contributed by atoms with Crippen LogP contribution < -0.4 is 10.6 Å². The first-order valence-corrected chi connectivity index (χ1v) is 7.17. The lowest BCUT2D eigenvalue weighted by molar-refractivity contribution is -0.122. The van der Waals surface area contributed by atoms with E-state index in [1.54, 1.807) is 25.1 Å². The highest BCUT2D eigenvalue weighted by Crippen LogP contribution is 2.25. The lowest BCUT2D eigenvalue weighted by Crippen LogP contribution is -2.45. The van der Waals surface area contributed by atoms with Crippen LogP contribution in [0.1, 0.15) is 30.6 Å². The molecule has 0 aliphatic heterocycles. The maximum atomic E-state index is 12.0. The van der Waals surface area contributed by atoms with E-state index >= 15 is 0 Å². The van der Waals surface area contributed by atoms with Crippen LogP contribution in [-0.4, -0.2) is 24.4 Å². The zero-order valence-corrected chi connectivity index (χ0v) is 13.1. The lowest BCUT2D eigenvalue weighted by Gasteiger charge is -2.14. The molecule has 1 rings (SSSR count). The van der Waals surface area contributed by atoms with Crippen LogP contribution in [0.5, 0.6) is 0 Å². The van der Waals surface area contributed by atoms with Gasteiger partial charge in [-0.25, -0.2) is 0 Å². The summed E-state index contributed by atoms with van der Waals surface area (Å²) in [6.45, 7) is 4.19. The fraction of sp³-hybridized carbons (Fsp3) is 0.385. The fourth-order valence-electron chi connectivity index (χ4n) is 1.42. The van der Waals surface area contributed by atoms with Gasteiger partial charge in [-0.15, -0.1) is 0 Å². The van der Waals surface area contributed by atoms with Crippen LogP contribution in [0.2, 0.25) is 5.02 Å². The first-order valence-electron chi connectivity index (χ1n) is 6.00. The van der Waals surface area contributed by atoms with Crippen LogP contribution in [0.4, 0.5) is 0 Å². The molecule has 0 aliphatic carbocycles. The molecule has 1 unspecified atom stereocenters. The predicted molar refractivity (Wildman–Crippen MR) is 79.4 cm³/mol. The SMILES string of the molecule is CCCNC(=O)C(C)NC(=O)c1cccc(Br)c1Cl. The number of benzene rings is 1. The second-order valence-corrected chi connectivity index (χ2v) is 5.32. The molecule has 6 heteroatoms. The molecule has 0 aliphatic rings. The van der Waals surface area contributed by atoms with Gasteiger partial charge in [0.1, 0.15) is 6.04 Å². The second-order valence-electron chi connectivity index (χ2n) is 4.09. The Bertz CT molecular complexity index is 480. The molecule has 0 heterocycles. The highest BCUT2D eigenvalue weighted by molar-refractivity contribution is 9.10. The Hall–Kier alpha value is -1.07. The molecular formula is C13H16BrClN2O2. The van der Waals surface area contributed by atoms with Crippen LogP contribution in [0, 0.1) is 0 Å². The number of amides is 2. The van der Waals surface area contributed by atoms with Crippen molar-refractivity contribution in [2.24, 2.45) is 0 Å². The zero-order valence-electron chi connectivity index (χ0n) is 10.8. The topological polar surface area (TPSA) is 58.2 Å². The summed E-state index contributed by atoms with van der Waals surface area (Å²) in [6.07, 6.45) is 0.851. The standard InChI is InChI=1S/C13H16BrClN2O2/c1-3-7-16-12(18)8(2)17-13(19)9-5-4-6-10(14)11(9)15/h4-6,8H,3,7H2,1-2H3,(H,16,18)(H,17,19). The third kappa shape index (κ3) is 4.51. The van der Waals surface area contributed by atoms with Gasteiger partial charge >= 0.3 is 0 Å². The van der Waals surface area contributed by atoms with Crippen LogP contribution in [0.3, 0.4) is 0 Å². The molecule has 0 radical (unpaired) electrons. The smallest absolute Gasteiger partial charge is 0.253 e. The molecule has 0 bridgehead atoms. The molecule has 4 nitrogen and oxygen atoms in total. The highest BCUT2D eigenvalue weighted by atomic mass is 79.9. The van der Waals surface area contributed by atoms with E-state index in [0.29, 0.717) is 21.6 Å². The quantitative estimate of drug-likeness (QED) is 0.860. The number of rotatable bonds is 5. The van der Waals surface area contributed by atoms with Gasteiger partial charge in [0.05, 0.1) is 10.6 Å². The van der Waals surface area contributed by atoms with Crippen LogP contribution >= 0.6 is 27.5 Å². The van der Waals surface area contributed by atoms with Gasteiger partial charge in [-0.3, -0.25) is 9.59 Å². The van der Waals surface area contributed by atoms with E-state index < -0.39 is 6.04 Å². The Labute approximate surface area is 126 Å². The van der Waals surface area contributed by atoms with Gasteiger partial charge in [0, 0.05) is 11.0 Å². The van der Waals surface area contributed by atoms with Crippen molar-refractivity contribution < 1.29 is 9.59 Å². The van der Waals surface area contributed by atoms with Crippen molar-refractivity contribution >= 4 is 39.3 Å². The van der Waals surface area contributed by atoms with E-state index in [1.807, 2.05) is 6.92 Å². The highest BCUT2D eigenvalue weighted by Gasteiger charge is 2.18. The van der Waals surface area contributed by atoms with Gasteiger partial charge in [0.2, 0.25) is 5.91 Å². The van der Waals surface area contributed by atoms with Gasteiger partial charge < -0.3 is 10.6 Å². The molecule has 104 valence electrons. The minimum Gasteiger partial charge on any atom is -0.354 e. The van der Waals surface area contributed by atoms with Gasteiger partial charge in [-0.05, 0) is 41.4 Å². The molecule has 0 aromatic heterocycles. The van der Waals surface area contributed by atoms with Crippen molar-refractivity contribution in [1.29, 1.82) is 0 Å². The second kappa shape index (κ2) is 7.50. The Morgan fingerprint density at radius 2 is 2.11 bits per heavy atom. The minimum absolute atomic E-state index is 0.207. The Morgan fingerprint density at radius 3 is 2.74 bits per heavy atom. The summed E-state index contributed by atoms with van der Waals surface area (Å²) in [4.78, 5) is 23.7. The predicted octanol–water partition coefficient (Wildman–Crippen LogP) is 2.75. The fourth-order valence-corrected chi connectivity index (χ4v) is 2.00. The Morgan fingerprint density at radius 1 is 1.42 bits per heavy atom. The van der Waals surface area contributed by atoms with Crippen LogP contribution in [0.25, 0.3) is 0 Å². The average Bonchev–Trinajstić information content (AvgIpc) is 2.38. The summed E-state index contributed by atoms with van der Waals surface area (Å²) in [7, 11) is 0. The van der Waals surface area contributed by atoms with E-state index in [0.717, 1.165) is 6.42 Å². The molecule has 0 saturated carbocycles. The van der Waals surface area contributed by atoms with Gasteiger partial charge in [0.25, 0.3) is 5.91 Å². The number of halogens is 2. The molecule has 0 fully saturated rings. The Kier molecular flexibility index (Phi) is 6.31. The van der Waals surface area contributed by atoms with Crippen LogP contribution in [-0.2, 0) is 4.79 Å². The van der Waals surface area contributed by atoms with E-state index in [1.165, 1.54) is 0 Å². The maximum absolute atomic E-state index is 12.0.